The van der Waals surface area contributed by atoms with Gasteiger partial charge in [-0.2, -0.15) is 0 Å². The average molecular weight is 258 g/mol. The predicted octanol–water partition coefficient (Wildman–Crippen LogP) is 1.16. The Balaban J connectivity index is -0.000000000952. The van der Waals surface area contributed by atoms with Crippen molar-refractivity contribution >= 4 is 26.3 Å². The second kappa shape index (κ2) is 448. The molecule has 0 saturated carbocycles. The van der Waals surface area contributed by atoms with Crippen molar-refractivity contribution in [3.8, 4) is 0 Å². The minimum absolute atomic E-state index is 0. The first-order chi connectivity index (χ1) is 1.41. The van der Waals surface area contributed by atoms with Crippen molar-refractivity contribution in [1.82, 2.24) is 0 Å². The van der Waals surface area contributed by atoms with Crippen molar-refractivity contribution in [3.63, 3.8) is 0 Å². The second-order valence-corrected chi connectivity index (χ2v) is 0.224. The summed E-state index contributed by atoms with van der Waals surface area (Å²) < 4.78 is 16.7. The molecule has 0 aliphatic rings. The Morgan fingerprint density at radius 2 is 0.600 bits per heavy atom. The molecule has 0 aromatic carbocycles. The molecule has 3 radical (unpaired) electrons. The van der Waals surface area contributed by atoms with Crippen LogP contribution in [0.1, 0.15) is 0 Å². The summed E-state index contributed by atoms with van der Waals surface area (Å²) in [6.45, 7) is 0. The molecule has 0 unspecified atom stereocenters. The van der Waals surface area contributed by atoms with E-state index in [1.165, 1.54) is 0 Å². The maximum Gasteiger partial charge on any atom is 0 e. The van der Waals surface area contributed by atoms with E-state index in [-0.39, 0.29) is 46.2 Å². The number of rotatable bonds is 0. The Morgan fingerprint density at radius 1 is 0.600 bits per heavy atom. The van der Waals surface area contributed by atoms with Gasteiger partial charge in [0, 0.05) is 18.0 Å². The van der Waals surface area contributed by atoms with Gasteiger partial charge in [-0.05, 0) is 0 Å². The zero-order valence-electron chi connectivity index (χ0n) is 4.16. The summed E-state index contributed by atoms with van der Waals surface area (Å²) >= 11 is 0. The van der Waals surface area contributed by atoms with Crippen molar-refractivity contribution in [2.45, 2.75) is 0 Å². The standard InChI is InChI=1S/As.6FH.O2P/c;;;;;;;1-3-2/h;6*1H;/q;;;;;;;+1. The van der Waals surface area contributed by atoms with Crippen LogP contribution in [0.2, 0.25) is 0 Å². The van der Waals surface area contributed by atoms with Crippen LogP contribution < -0.4 is 0 Å². The Labute approximate surface area is 64.5 Å². The molecular weight excluding hydrogens is 252 g/mol. The van der Waals surface area contributed by atoms with Crippen molar-refractivity contribution in [3.05, 3.63) is 0 Å². The van der Waals surface area contributed by atoms with Crippen LogP contribution in [0.5, 0.6) is 0 Å². The van der Waals surface area contributed by atoms with E-state index in [4.69, 9.17) is 9.13 Å². The van der Waals surface area contributed by atoms with Gasteiger partial charge in [0.1, 0.15) is 0 Å². The zero-order valence-corrected chi connectivity index (χ0v) is 6.93. The van der Waals surface area contributed by atoms with Crippen LogP contribution in [0.15, 0.2) is 0 Å². The fraction of sp³-hybridized carbons (Fsp3) is 0. The van der Waals surface area contributed by atoms with Gasteiger partial charge in [-0.25, -0.2) is 0 Å². The molecule has 0 heterocycles. The number of hydrogen-bond donors (Lipinski definition) is 0. The first kappa shape index (κ1) is 182. The first-order valence-electron chi connectivity index (χ1n) is 0.365. The Bertz CT molecular complexity index is 36.7. The molecule has 0 atom stereocenters. The molecule has 0 rings (SSSR count). The molecule has 0 amide bonds. The van der Waals surface area contributed by atoms with E-state index < -0.39 is 8.34 Å². The Morgan fingerprint density at radius 3 is 0.600 bits per heavy atom. The molecule has 0 fully saturated rings. The van der Waals surface area contributed by atoms with Gasteiger partial charge in [-0.15, -0.1) is 0 Å². The number of hydrogen-bond acceptors (Lipinski definition) is 2. The minimum atomic E-state index is -1.08. The zero-order chi connectivity index (χ0) is 2.71. The van der Waals surface area contributed by atoms with Crippen molar-refractivity contribution in [1.29, 1.82) is 0 Å². The van der Waals surface area contributed by atoms with E-state index in [1.807, 2.05) is 0 Å². The summed E-state index contributed by atoms with van der Waals surface area (Å²) in [5.41, 5.74) is 0. The van der Waals surface area contributed by atoms with Crippen molar-refractivity contribution in [2.24, 2.45) is 0 Å². The quantitative estimate of drug-likeness (QED) is 0.371. The normalized spacial score (nSPS) is 0.800. The molecule has 0 saturated heterocycles. The molecule has 0 aliphatic heterocycles. The molecule has 0 aliphatic carbocycles. The summed E-state index contributed by atoms with van der Waals surface area (Å²) in [7, 11) is -1.08. The molecule has 0 spiro atoms. The van der Waals surface area contributed by atoms with Gasteiger partial charge in [0.15, 0.2) is 0 Å². The van der Waals surface area contributed by atoms with Crippen LogP contribution in [-0.2, 0) is 9.13 Å². The monoisotopic (exact) mass is 258 g/mol. The van der Waals surface area contributed by atoms with E-state index >= 15 is 0 Å². The predicted molar refractivity (Wildman–Crippen MR) is 29.1 cm³/mol. The van der Waals surface area contributed by atoms with E-state index in [0.717, 1.165) is 0 Å². The second-order valence-electron chi connectivity index (χ2n) is 0.0745. The summed E-state index contributed by atoms with van der Waals surface area (Å²) in [4.78, 5) is 0. The maximum atomic E-state index is 8.35. The molecule has 10 heteroatoms. The van der Waals surface area contributed by atoms with Crippen LogP contribution >= 0.6 is 8.34 Å². The Kier molecular flexibility index (Phi) is 8150. The largest absolute Gasteiger partial charge is 0 e. The molecular formula is H6AsF6O2P+. The van der Waals surface area contributed by atoms with Gasteiger partial charge in [0.25, 0.3) is 0 Å². The molecule has 0 aromatic heterocycles. The summed E-state index contributed by atoms with van der Waals surface area (Å²) in [5.74, 6) is 0. The summed E-state index contributed by atoms with van der Waals surface area (Å²) in [6, 6.07) is 0. The van der Waals surface area contributed by atoms with Crippen LogP contribution in [-0.4, -0.2) is 18.0 Å². The van der Waals surface area contributed by atoms with Crippen LogP contribution in [0.25, 0.3) is 0 Å². The first-order valence-corrected chi connectivity index (χ1v) is 1.10. The third-order valence-electron chi connectivity index (χ3n) is 0. The topological polar surface area (TPSA) is 34.1 Å². The molecule has 0 aromatic rings. The SMILES string of the molecule is F.F.F.F.F.F.O=[P+]=O.[As]. The van der Waals surface area contributed by atoms with E-state index in [9.17, 15) is 0 Å². The molecule has 2 nitrogen and oxygen atoms in total. The molecule has 10 heavy (non-hydrogen) atoms. The van der Waals surface area contributed by atoms with Crippen molar-refractivity contribution < 1.29 is 37.4 Å². The van der Waals surface area contributed by atoms with Crippen LogP contribution in [0.4, 0.5) is 28.2 Å². The van der Waals surface area contributed by atoms with Gasteiger partial charge in [-0.3, -0.25) is 28.2 Å². The average Bonchev–Trinajstić information content (AvgIpc) is 0.918. The third-order valence-corrected chi connectivity index (χ3v) is 0. The van der Waals surface area contributed by atoms with Gasteiger partial charge >= 0.3 is 17.5 Å². The minimum Gasteiger partial charge on any atom is 0 e. The van der Waals surface area contributed by atoms with E-state index in [1.54, 1.807) is 0 Å². The molecule has 0 bridgehead atoms. The molecule has 69 valence electrons. The summed E-state index contributed by atoms with van der Waals surface area (Å²) in [6.07, 6.45) is 0. The van der Waals surface area contributed by atoms with Gasteiger partial charge in [-0.1, -0.05) is 0 Å². The van der Waals surface area contributed by atoms with Gasteiger partial charge in [0.05, 0.1) is 0 Å². The third kappa shape index (κ3) is 14800. The smallest absolute Gasteiger partial charge is 0 e. The maximum absolute atomic E-state index is 8.35. The van der Waals surface area contributed by atoms with Crippen molar-refractivity contribution in [2.75, 3.05) is 0 Å². The van der Waals surface area contributed by atoms with Crippen LogP contribution in [0, 0.1) is 0 Å². The number of halogens is 6. The van der Waals surface area contributed by atoms with Gasteiger partial charge < -0.3 is 0 Å². The fourth-order valence-electron chi connectivity index (χ4n) is 0. The fourth-order valence-corrected chi connectivity index (χ4v) is 0. The van der Waals surface area contributed by atoms with E-state index in [0.29, 0.717) is 0 Å². The summed E-state index contributed by atoms with van der Waals surface area (Å²) in [5, 5.41) is 0. The molecule has 0 N–H and O–H groups in total. The van der Waals surface area contributed by atoms with Crippen LogP contribution in [0.3, 0.4) is 0 Å². The van der Waals surface area contributed by atoms with Gasteiger partial charge in [0.2, 0.25) is 0 Å². The van der Waals surface area contributed by atoms with E-state index in [2.05, 4.69) is 0 Å². The Hall–Kier alpha value is 0.168.